The molecule has 0 fully saturated rings. The summed E-state index contributed by atoms with van der Waals surface area (Å²) >= 11 is 0. The van der Waals surface area contributed by atoms with Crippen molar-refractivity contribution in [1.82, 2.24) is 14.7 Å². The van der Waals surface area contributed by atoms with E-state index in [2.05, 4.69) is 18.9 Å². The normalized spacial score (nSPS) is 11.6. The minimum absolute atomic E-state index is 0.0995. The highest BCUT2D eigenvalue weighted by molar-refractivity contribution is 5.40. The Balaban J connectivity index is 2.83. The molecular formula is C11H22N4O. The molecule has 0 saturated carbocycles. The lowest BCUT2D eigenvalue weighted by molar-refractivity contribution is 0.369. The van der Waals surface area contributed by atoms with E-state index in [0.29, 0.717) is 18.2 Å². The van der Waals surface area contributed by atoms with E-state index in [4.69, 9.17) is 5.73 Å². The second kappa shape index (κ2) is 5.21. The Hall–Kier alpha value is -1.23. The third-order valence-electron chi connectivity index (χ3n) is 2.45. The number of hydrogen-bond acceptors (Lipinski definition) is 3. The van der Waals surface area contributed by atoms with Crippen LogP contribution in [0.2, 0.25) is 0 Å². The second-order valence-corrected chi connectivity index (χ2v) is 4.86. The number of aromatic amines is 1. The fraction of sp³-hybridized carbons (Fsp3) is 0.727. The zero-order chi connectivity index (χ0) is 12.3. The van der Waals surface area contributed by atoms with E-state index in [9.17, 15) is 4.79 Å². The molecule has 0 saturated heterocycles. The van der Waals surface area contributed by atoms with Crippen LogP contribution in [0.25, 0.3) is 0 Å². The molecule has 1 aromatic rings. The fourth-order valence-corrected chi connectivity index (χ4v) is 1.57. The fourth-order valence-electron chi connectivity index (χ4n) is 1.57. The van der Waals surface area contributed by atoms with Gasteiger partial charge in [-0.2, -0.15) is 0 Å². The van der Waals surface area contributed by atoms with Crippen molar-refractivity contribution >= 4 is 5.69 Å². The second-order valence-electron chi connectivity index (χ2n) is 4.86. The molecule has 0 aliphatic rings. The number of aromatic nitrogens is 2. The van der Waals surface area contributed by atoms with Crippen molar-refractivity contribution in [2.45, 2.75) is 26.8 Å². The number of H-pyrrole nitrogens is 1. The summed E-state index contributed by atoms with van der Waals surface area (Å²) in [6, 6.07) is 0. The van der Waals surface area contributed by atoms with Gasteiger partial charge in [0.05, 0.1) is 12.2 Å². The lowest BCUT2D eigenvalue weighted by atomic mass is 10.1. The van der Waals surface area contributed by atoms with Gasteiger partial charge in [-0.15, -0.1) is 0 Å². The molecular weight excluding hydrogens is 204 g/mol. The number of rotatable bonds is 5. The molecule has 0 aromatic carbocycles. The highest BCUT2D eigenvalue weighted by atomic mass is 16.1. The summed E-state index contributed by atoms with van der Waals surface area (Å²) in [6.45, 7) is 5.68. The van der Waals surface area contributed by atoms with Crippen LogP contribution in [0.15, 0.2) is 4.79 Å². The van der Waals surface area contributed by atoms with Gasteiger partial charge < -0.3 is 10.6 Å². The average molecular weight is 226 g/mol. The molecule has 0 amide bonds. The zero-order valence-corrected chi connectivity index (χ0v) is 10.6. The summed E-state index contributed by atoms with van der Waals surface area (Å²) < 4.78 is 1.59. The maximum absolute atomic E-state index is 11.8. The van der Waals surface area contributed by atoms with Crippen molar-refractivity contribution < 1.29 is 0 Å². The number of anilines is 1. The molecule has 3 N–H and O–H groups in total. The van der Waals surface area contributed by atoms with Gasteiger partial charge in [-0.1, -0.05) is 13.8 Å². The van der Waals surface area contributed by atoms with Crippen LogP contribution >= 0.6 is 0 Å². The molecule has 92 valence electrons. The number of nitrogens with two attached hydrogens (primary N) is 1. The van der Waals surface area contributed by atoms with Crippen molar-refractivity contribution in [2.75, 3.05) is 26.4 Å². The van der Waals surface area contributed by atoms with Crippen molar-refractivity contribution in [1.29, 1.82) is 0 Å². The van der Waals surface area contributed by atoms with E-state index in [1.54, 1.807) is 4.68 Å². The first-order chi connectivity index (χ1) is 7.41. The van der Waals surface area contributed by atoms with Gasteiger partial charge in [0.15, 0.2) is 0 Å². The summed E-state index contributed by atoms with van der Waals surface area (Å²) in [4.78, 5) is 13.8. The summed E-state index contributed by atoms with van der Waals surface area (Å²) in [7, 11) is 3.96. The van der Waals surface area contributed by atoms with Gasteiger partial charge in [-0.25, -0.2) is 4.68 Å². The van der Waals surface area contributed by atoms with Crippen LogP contribution < -0.4 is 11.3 Å². The average Bonchev–Trinajstić information content (AvgIpc) is 2.42. The molecule has 0 aliphatic heterocycles. The monoisotopic (exact) mass is 226 g/mol. The molecule has 5 heteroatoms. The summed E-state index contributed by atoms with van der Waals surface area (Å²) in [6.07, 6.45) is 0.816. The summed E-state index contributed by atoms with van der Waals surface area (Å²) in [5, 5.41) is 3.09. The zero-order valence-electron chi connectivity index (χ0n) is 10.6. The summed E-state index contributed by atoms with van der Waals surface area (Å²) in [5.41, 5.74) is 6.91. The van der Waals surface area contributed by atoms with Crippen LogP contribution in [0, 0.1) is 5.92 Å². The molecule has 0 unspecified atom stereocenters. The van der Waals surface area contributed by atoms with Gasteiger partial charge >= 0.3 is 0 Å². The van der Waals surface area contributed by atoms with Crippen LogP contribution in [0.4, 0.5) is 5.69 Å². The largest absolute Gasteiger partial charge is 0.393 e. The number of nitrogens with one attached hydrogen (secondary N) is 1. The highest BCUT2D eigenvalue weighted by Gasteiger charge is 2.11. The third-order valence-corrected chi connectivity index (χ3v) is 2.45. The van der Waals surface area contributed by atoms with E-state index in [1.807, 2.05) is 19.0 Å². The SMILES string of the molecule is CC(C)Cc1[nH]n(CCN(C)C)c(=O)c1N. The van der Waals surface area contributed by atoms with Gasteiger partial charge in [0.2, 0.25) is 0 Å². The number of nitrogens with zero attached hydrogens (tertiary/aromatic N) is 2. The van der Waals surface area contributed by atoms with Crippen molar-refractivity contribution in [2.24, 2.45) is 5.92 Å². The lowest BCUT2D eigenvalue weighted by Crippen LogP contribution is -2.25. The Kier molecular flexibility index (Phi) is 4.18. The van der Waals surface area contributed by atoms with E-state index in [-0.39, 0.29) is 5.56 Å². The molecule has 1 heterocycles. The number of hydrogen-bond donors (Lipinski definition) is 2. The van der Waals surface area contributed by atoms with Gasteiger partial charge in [0.1, 0.15) is 5.69 Å². The Bertz CT molecular complexity index is 389. The Morgan fingerprint density at radius 3 is 2.56 bits per heavy atom. The van der Waals surface area contributed by atoms with E-state index < -0.39 is 0 Å². The predicted molar refractivity (Wildman–Crippen MR) is 66.6 cm³/mol. The van der Waals surface area contributed by atoms with Crippen LogP contribution in [0.1, 0.15) is 19.5 Å². The van der Waals surface area contributed by atoms with Crippen LogP contribution in [-0.4, -0.2) is 35.3 Å². The Morgan fingerprint density at radius 2 is 2.06 bits per heavy atom. The predicted octanol–water partition coefficient (Wildman–Crippen LogP) is 0.519. The van der Waals surface area contributed by atoms with Gasteiger partial charge in [-0.3, -0.25) is 9.89 Å². The minimum Gasteiger partial charge on any atom is -0.393 e. The van der Waals surface area contributed by atoms with Crippen LogP contribution in [0.5, 0.6) is 0 Å². The maximum atomic E-state index is 11.8. The highest BCUT2D eigenvalue weighted by Crippen LogP contribution is 2.09. The quantitative estimate of drug-likeness (QED) is 0.769. The van der Waals surface area contributed by atoms with Crippen molar-refractivity contribution in [3.05, 3.63) is 16.0 Å². The number of nitrogen functional groups attached to an aromatic ring is 1. The molecule has 1 rings (SSSR count). The third kappa shape index (κ3) is 3.13. The maximum Gasteiger partial charge on any atom is 0.289 e. The Morgan fingerprint density at radius 1 is 1.44 bits per heavy atom. The van der Waals surface area contributed by atoms with Crippen molar-refractivity contribution in [3.63, 3.8) is 0 Å². The molecule has 5 nitrogen and oxygen atoms in total. The van der Waals surface area contributed by atoms with Gasteiger partial charge in [0, 0.05) is 6.54 Å². The van der Waals surface area contributed by atoms with Gasteiger partial charge in [0.25, 0.3) is 5.56 Å². The molecule has 16 heavy (non-hydrogen) atoms. The van der Waals surface area contributed by atoms with Crippen LogP contribution in [-0.2, 0) is 13.0 Å². The molecule has 0 aliphatic carbocycles. The van der Waals surface area contributed by atoms with E-state index in [0.717, 1.165) is 18.7 Å². The smallest absolute Gasteiger partial charge is 0.289 e. The molecule has 1 aromatic heterocycles. The Labute approximate surface area is 96.2 Å². The number of likely N-dealkylation sites (N-methyl/N-ethyl adjacent to an activating group) is 1. The molecule has 0 spiro atoms. The first-order valence-corrected chi connectivity index (χ1v) is 5.63. The topological polar surface area (TPSA) is 67.0 Å². The first kappa shape index (κ1) is 12.8. The lowest BCUT2D eigenvalue weighted by Gasteiger charge is -2.09. The minimum atomic E-state index is -0.0995. The molecule has 0 bridgehead atoms. The summed E-state index contributed by atoms with van der Waals surface area (Å²) in [5.74, 6) is 0.489. The molecule has 0 atom stereocenters. The van der Waals surface area contributed by atoms with E-state index >= 15 is 0 Å². The first-order valence-electron chi connectivity index (χ1n) is 5.63. The van der Waals surface area contributed by atoms with Gasteiger partial charge in [-0.05, 0) is 26.4 Å². The van der Waals surface area contributed by atoms with Crippen LogP contribution in [0.3, 0.4) is 0 Å². The van der Waals surface area contributed by atoms with Crippen molar-refractivity contribution in [3.8, 4) is 0 Å². The standard InChI is InChI=1S/C11H22N4O/c1-8(2)7-9-10(12)11(16)15(13-9)6-5-14(3)4/h8,13H,5-7,12H2,1-4H3. The van der Waals surface area contributed by atoms with E-state index in [1.165, 1.54) is 0 Å². The molecule has 0 radical (unpaired) electrons.